The molecule has 10 fully saturated rings. The molecule has 10 heterocycles. The summed E-state index contributed by atoms with van der Waals surface area (Å²) in [4.78, 5) is 0. The summed E-state index contributed by atoms with van der Waals surface area (Å²) in [6, 6.07) is 0. The van der Waals surface area contributed by atoms with E-state index < -0.39 is 0 Å². The van der Waals surface area contributed by atoms with Crippen LogP contribution in [0.3, 0.4) is 0 Å². The van der Waals surface area contributed by atoms with Crippen LogP contribution in [0, 0.1) is 0 Å². The Morgan fingerprint density at radius 3 is 0.544 bits per heavy atom. The summed E-state index contributed by atoms with van der Waals surface area (Å²) in [6.45, 7) is 3.38. The largest absolute Gasteiger partial charge is 0.349 e. The van der Waals surface area contributed by atoms with Crippen LogP contribution in [-0.2, 0) is 56.8 Å². The molecule has 10 saturated heterocycles. The molecule has 0 N–H and O–H groups in total. The SMILES string of the molecule is C1CSC[C@@H]2OC[C@@H]3O[C@H](CSCCSCCSC[C@@H]4OC[C@@H]5O[C@H](CSCCSCCSC[C@@H]6OC[C@@H]7O[C@H](CSCCS1)OC[C@@H]7O6)OC[C@@H]5O4)OC[C@@H]3O2. The molecule has 10 aliphatic heterocycles. The van der Waals surface area contributed by atoms with E-state index in [1.54, 1.807) is 0 Å². The van der Waals surface area contributed by atoms with Crippen molar-refractivity contribution in [3.05, 3.63) is 0 Å². The maximum atomic E-state index is 6.20. The fraction of sp³-hybridized carbons (Fsp3) is 1.00. The Balaban J connectivity index is 0.774. The molecule has 0 aromatic carbocycles. The van der Waals surface area contributed by atoms with Crippen LogP contribution in [0.15, 0.2) is 0 Å². The Morgan fingerprint density at radius 1 is 0.211 bits per heavy atom. The molecular formula is C36H60O12S9. The molecule has 12 nitrogen and oxygen atoms in total. The summed E-state index contributed by atoms with van der Waals surface area (Å²) in [7, 11) is 0. The highest BCUT2D eigenvalue weighted by molar-refractivity contribution is 8.05. The lowest BCUT2D eigenvalue weighted by molar-refractivity contribution is -0.326. The van der Waals surface area contributed by atoms with E-state index in [-0.39, 0.29) is 74.4 Å². The van der Waals surface area contributed by atoms with Gasteiger partial charge in [0.05, 0.1) is 39.6 Å². The van der Waals surface area contributed by atoms with Crippen molar-refractivity contribution < 1.29 is 56.8 Å². The predicted octanol–water partition coefficient (Wildman–Crippen LogP) is 5.05. The van der Waals surface area contributed by atoms with Crippen LogP contribution in [0.5, 0.6) is 0 Å². The van der Waals surface area contributed by atoms with E-state index in [0.717, 1.165) is 104 Å². The molecule has 0 aromatic rings. The first-order valence-electron chi connectivity index (χ1n) is 20.1. The van der Waals surface area contributed by atoms with Gasteiger partial charge in [0, 0.05) is 104 Å². The second-order valence-corrected chi connectivity index (χ2v) is 24.5. The normalized spacial score (nSPS) is 41.7. The number of thioether (sulfide) groups is 9. The first kappa shape index (κ1) is 47.6. The van der Waals surface area contributed by atoms with E-state index in [2.05, 4.69) is 0 Å². The molecular weight excluding hydrogens is 913 g/mol. The van der Waals surface area contributed by atoms with Crippen molar-refractivity contribution in [1.29, 1.82) is 0 Å². The Labute approximate surface area is 377 Å². The molecule has 12 atom stereocenters. The van der Waals surface area contributed by atoms with Crippen molar-refractivity contribution in [2.75, 3.05) is 143 Å². The molecule has 12 bridgehead atoms. The average molecular weight is 973 g/mol. The van der Waals surface area contributed by atoms with Gasteiger partial charge in [-0.25, -0.2) is 0 Å². The molecule has 0 spiro atoms. The number of ether oxygens (including phenoxy) is 12. The van der Waals surface area contributed by atoms with Crippen molar-refractivity contribution in [3.63, 3.8) is 0 Å². The monoisotopic (exact) mass is 972 g/mol. The third-order valence-corrected chi connectivity index (χ3v) is 20.1. The number of fused-ring (bicyclic) bond motifs is 3. The molecule has 0 radical (unpaired) electrons. The van der Waals surface area contributed by atoms with Crippen molar-refractivity contribution >= 4 is 106 Å². The lowest BCUT2D eigenvalue weighted by Gasteiger charge is -2.41. The van der Waals surface area contributed by atoms with E-state index in [1.807, 2.05) is 106 Å². The molecule has 330 valence electrons. The fourth-order valence-corrected chi connectivity index (χ4v) is 16.1. The minimum atomic E-state index is -0.203. The predicted molar refractivity (Wildman–Crippen MR) is 244 cm³/mol. The van der Waals surface area contributed by atoms with Gasteiger partial charge in [0.2, 0.25) is 0 Å². The van der Waals surface area contributed by atoms with E-state index >= 15 is 0 Å². The molecule has 0 aliphatic carbocycles. The number of rotatable bonds is 0. The molecule has 21 heteroatoms. The van der Waals surface area contributed by atoms with Crippen LogP contribution in [0.25, 0.3) is 0 Å². The molecule has 10 aliphatic rings. The lowest BCUT2D eigenvalue weighted by Crippen LogP contribution is -2.54. The Bertz CT molecular complexity index is 895. The molecule has 0 unspecified atom stereocenters. The van der Waals surface area contributed by atoms with Crippen molar-refractivity contribution in [3.8, 4) is 0 Å². The van der Waals surface area contributed by atoms with Gasteiger partial charge in [0.25, 0.3) is 0 Å². The van der Waals surface area contributed by atoms with Gasteiger partial charge in [0.1, 0.15) is 36.6 Å². The third-order valence-electron chi connectivity index (χ3n) is 9.64. The Kier molecular flexibility index (Phi) is 23.3. The van der Waals surface area contributed by atoms with Crippen molar-refractivity contribution in [1.82, 2.24) is 0 Å². The zero-order valence-electron chi connectivity index (χ0n) is 32.5. The van der Waals surface area contributed by atoms with Crippen LogP contribution in [-0.4, -0.2) is 218 Å². The second kappa shape index (κ2) is 27.9. The van der Waals surface area contributed by atoms with Crippen LogP contribution < -0.4 is 0 Å². The van der Waals surface area contributed by atoms with Crippen molar-refractivity contribution in [2.24, 2.45) is 0 Å². The van der Waals surface area contributed by atoms with Crippen LogP contribution >= 0.6 is 106 Å². The average Bonchev–Trinajstić information content (AvgIpc) is 3.24. The van der Waals surface area contributed by atoms with Gasteiger partial charge in [-0.05, 0) is 0 Å². The summed E-state index contributed by atoms with van der Waals surface area (Å²) in [5.41, 5.74) is 0. The third kappa shape index (κ3) is 17.2. The highest BCUT2D eigenvalue weighted by Crippen LogP contribution is 2.30. The fourth-order valence-electron chi connectivity index (χ4n) is 6.64. The van der Waals surface area contributed by atoms with Gasteiger partial charge < -0.3 is 56.8 Å². The van der Waals surface area contributed by atoms with Crippen molar-refractivity contribution in [2.45, 2.75) is 74.4 Å². The number of hydrogen-bond donors (Lipinski definition) is 0. The van der Waals surface area contributed by atoms with Gasteiger partial charge in [-0.2, -0.15) is 106 Å². The minimum Gasteiger partial charge on any atom is -0.349 e. The molecule has 0 aromatic heterocycles. The standard InChI is InChI=1S/C36H60O12S9/c1-7-52-19-31-37-13-26-25(43-31)14-39-33(45-26)21-54-9-3-50-5-11-56-23-35-41-17-30-29(47-35)18-42-36(48-30)24-57-12-6-51-4-10-55-22-34-40-16-27-28(46-34)15-38-32(44-27)20-53-8-2-49-1/h25-36H,1-24H2/t25-,26-,27-,28-,29-,30-,31+,32+,33+,34+,35+,36+/m0/s1. The molecule has 0 amide bonds. The first-order valence-corrected chi connectivity index (χ1v) is 30.5. The summed E-state index contributed by atoms with van der Waals surface area (Å²) in [5, 5.41) is 0. The maximum Gasteiger partial charge on any atom is 0.167 e. The topological polar surface area (TPSA) is 111 Å². The maximum absolute atomic E-state index is 6.20. The van der Waals surface area contributed by atoms with E-state index in [9.17, 15) is 0 Å². The zero-order valence-corrected chi connectivity index (χ0v) is 39.8. The Hall–Kier alpha value is 2.67. The first-order chi connectivity index (χ1) is 28.2. The van der Waals surface area contributed by atoms with Crippen LogP contribution in [0.2, 0.25) is 0 Å². The van der Waals surface area contributed by atoms with Gasteiger partial charge in [-0.15, -0.1) is 0 Å². The zero-order chi connectivity index (χ0) is 38.7. The van der Waals surface area contributed by atoms with Crippen LogP contribution in [0.1, 0.15) is 0 Å². The quantitative estimate of drug-likeness (QED) is 0.323. The summed E-state index contributed by atoms with van der Waals surface area (Å²) >= 11 is 17.3. The second-order valence-electron chi connectivity index (χ2n) is 13.9. The van der Waals surface area contributed by atoms with Gasteiger partial charge >= 0.3 is 0 Å². The summed E-state index contributed by atoms with van der Waals surface area (Å²) < 4.78 is 73.4. The highest BCUT2D eigenvalue weighted by Gasteiger charge is 2.41. The smallest absolute Gasteiger partial charge is 0.167 e. The highest BCUT2D eigenvalue weighted by atomic mass is 32.2. The van der Waals surface area contributed by atoms with E-state index in [1.165, 1.54) is 0 Å². The molecule has 57 heavy (non-hydrogen) atoms. The van der Waals surface area contributed by atoms with E-state index in [4.69, 9.17) is 56.8 Å². The summed E-state index contributed by atoms with van der Waals surface area (Å²) in [6.07, 6.45) is -1.57. The van der Waals surface area contributed by atoms with Gasteiger partial charge in [0.15, 0.2) is 37.7 Å². The summed E-state index contributed by atoms with van der Waals surface area (Å²) in [5.74, 6) is 18.0. The Morgan fingerprint density at radius 2 is 0.368 bits per heavy atom. The van der Waals surface area contributed by atoms with Gasteiger partial charge in [-0.1, -0.05) is 0 Å². The number of hydrogen-bond acceptors (Lipinski definition) is 21. The molecule has 10 rings (SSSR count). The minimum absolute atomic E-state index is 0.0589. The molecule has 0 saturated carbocycles. The van der Waals surface area contributed by atoms with Gasteiger partial charge in [-0.3, -0.25) is 0 Å². The van der Waals surface area contributed by atoms with E-state index in [0.29, 0.717) is 39.6 Å². The van der Waals surface area contributed by atoms with Crippen LogP contribution in [0.4, 0.5) is 0 Å². The lowest BCUT2D eigenvalue weighted by atomic mass is 10.2.